The molecule has 124 valence electrons. The fourth-order valence-corrected chi connectivity index (χ4v) is 3.29. The van der Waals surface area contributed by atoms with E-state index in [1.807, 2.05) is 36.4 Å². The van der Waals surface area contributed by atoms with E-state index in [0.717, 1.165) is 53.9 Å². The van der Waals surface area contributed by atoms with Gasteiger partial charge in [-0.3, -0.25) is 0 Å². The third-order valence-corrected chi connectivity index (χ3v) is 4.66. The number of fused-ring (bicyclic) bond motifs is 1. The Kier molecular flexibility index (Phi) is 3.94. The molecule has 6 heteroatoms. The highest BCUT2D eigenvalue weighted by molar-refractivity contribution is 6.30. The van der Waals surface area contributed by atoms with Crippen molar-refractivity contribution in [3.8, 4) is 5.75 Å². The number of piperazine rings is 1. The number of anilines is 2. The molecule has 1 fully saturated rings. The summed E-state index contributed by atoms with van der Waals surface area (Å²) in [5.74, 6) is 1.76. The summed E-state index contributed by atoms with van der Waals surface area (Å²) in [7, 11) is 1.67. The Balaban J connectivity index is 1.49. The van der Waals surface area contributed by atoms with Crippen LogP contribution in [0.4, 0.5) is 11.6 Å². The minimum absolute atomic E-state index is 0.779. The Labute approximate surface area is 145 Å². The normalized spacial score (nSPS) is 15.1. The van der Waals surface area contributed by atoms with Gasteiger partial charge >= 0.3 is 0 Å². The van der Waals surface area contributed by atoms with Crippen LogP contribution >= 0.6 is 11.6 Å². The average Bonchev–Trinajstić information content (AvgIpc) is 3.05. The van der Waals surface area contributed by atoms with Crippen molar-refractivity contribution in [2.24, 2.45) is 0 Å². The first-order chi connectivity index (χ1) is 11.7. The maximum absolute atomic E-state index is 6.10. The van der Waals surface area contributed by atoms with E-state index in [4.69, 9.17) is 21.3 Å². The van der Waals surface area contributed by atoms with Crippen molar-refractivity contribution in [1.29, 1.82) is 0 Å². The van der Waals surface area contributed by atoms with Gasteiger partial charge in [-0.2, -0.15) is 0 Å². The van der Waals surface area contributed by atoms with Gasteiger partial charge in [0.2, 0.25) is 5.95 Å². The van der Waals surface area contributed by atoms with Gasteiger partial charge in [-0.05, 0) is 30.3 Å². The highest BCUT2D eigenvalue weighted by Gasteiger charge is 2.20. The van der Waals surface area contributed by atoms with E-state index in [1.165, 1.54) is 5.69 Å². The number of imidazole rings is 1. The van der Waals surface area contributed by atoms with Gasteiger partial charge in [0.05, 0.1) is 18.1 Å². The minimum Gasteiger partial charge on any atom is -0.497 e. The third-order valence-electron chi connectivity index (χ3n) is 4.43. The van der Waals surface area contributed by atoms with Gasteiger partial charge in [-0.15, -0.1) is 0 Å². The van der Waals surface area contributed by atoms with Gasteiger partial charge in [0.1, 0.15) is 5.75 Å². The van der Waals surface area contributed by atoms with Crippen molar-refractivity contribution in [2.45, 2.75) is 0 Å². The number of ether oxygens (including phenoxy) is 1. The molecular formula is C18H19ClN4O. The molecule has 2 aromatic carbocycles. The number of nitrogens with zero attached hydrogens (tertiary/aromatic N) is 3. The first-order valence-electron chi connectivity index (χ1n) is 8.02. The van der Waals surface area contributed by atoms with E-state index >= 15 is 0 Å². The zero-order chi connectivity index (χ0) is 16.5. The maximum atomic E-state index is 6.10. The predicted molar refractivity (Wildman–Crippen MR) is 98.5 cm³/mol. The highest BCUT2D eigenvalue weighted by Crippen LogP contribution is 2.25. The number of aromatic nitrogens is 2. The van der Waals surface area contributed by atoms with E-state index < -0.39 is 0 Å². The number of benzene rings is 2. The largest absolute Gasteiger partial charge is 0.497 e. The van der Waals surface area contributed by atoms with Crippen LogP contribution in [0.5, 0.6) is 5.75 Å². The van der Waals surface area contributed by atoms with Crippen molar-refractivity contribution in [3.63, 3.8) is 0 Å². The molecule has 1 N–H and O–H groups in total. The molecule has 3 aromatic rings. The summed E-state index contributed by atoms with van der Waals surface area (Å²) in [6.07, 6.45) is 0. The van der Waals surface area contributed by atoms with Gasteiger partial charge in [0.25, 0.3) is 0 Å². The molecule has 1 saturated heterocycles. The fraction of sp³-hybridized carbons (Fsp3) is 0.278. The van der Waals surface area contributed by atoms with Crippen LogP contribution in [0.2, 0.25) is 5.02 Å². The molecule has 2 heterocycles. The topological polar surface area (TPSA) is 44.4 Å². The summed E-state index contributed by atoms with van der Waals surface area (Å²) < 4.78 is 5.27. The monoisotopic (exact) mass is 342 g/mol. The molecule has 1 aliphatic heterocycles. The molecule has 4 rings (SSSR count). The molecule has 0 atom stereocenters. The number of hydrogen-bond donors (Lipinski definition) is 1. The molecule has 0 unspecified atom stereocenters. The second kappa shape index (κ2) is 6.24. The zero-order valence-electron chi connectivity index (χ0n) is 13.5. The molecule has 0 amide bonds. The van der Waals surface area contributed by atoms with E-state index in [1.54, 1.807) is 7.11 Å². The van der Waals surface area contributed by atoms with E-state index in [9.17, 15) is 0 Å². The Morgan fingerprint density at radius 2 is 1.83 bits per heavy atom. The van der Waals surface area contributed by atoms with Crippen LogP contribution in [0.15, 0.2) is 42.5 Å². The number of H-pyrrole nitrogens is 1. The lowest BCUT2D eigenvalue weighted by Crippen LogP contribution is -2.46. The van der Waals surface area contributed by atoms with Crippen molar-refractivity contribution in [1.82, 2.24) is 9.97 Å². The molecule has 1 aromatic heterocycles. The SMILES string of the molecule is COc1ccc2nc(N3CCN(c4cccc(Cl)c4)CC3)[nH]c2c1. The van der Waals surface area contributed by atoms with E-state index in [0.29, 0.717) is 0 Å². The lowest BCUT2D eigenvalue weighted by atomic mass is 10.2. The molecule has 0 aliphatic carbocycles. The first-order valence-corrected chi connectivity index (χ1v) is 8.40. The van der Waals surface area contributed by atoms with Crippen LogP contribution in [-0.2, 0) is 0 Å². The molecule has 1 aliphatic rings. The van der Waals surface area contributed by atoms with E-state index in [2.05, 4.69) is 20.9 Å². The Morgan fingerprint density at radius 1 is 1.04 bits per heavy atom. The van der Waals surface area contributed by atoms with Crippen molar-refractivity contribution in [2.75, 3.05) is 43.1 Å². The second-order valence-corrected chi connectivity index (χ2v) is 6.33. The molecule has 0 radical (unpaired) electrons. The Bertz CT molecular complexity index is 855. The zero-order valence-corrected chi connectivity index (χ0v) is 14.3. The fourth-order valence-electron chi connectivity index (χ4n) is 3.10. The van der Waals surface area contributed by atoms with Crippen LogP contribution in [0, 0.1) is 0 Å². The molecule has 0 spiro atoms. The van der Waals surface area contributed by atoms with Crippen LogP contribution < -0.4 is 14.5 Å². The smallest absolute Gasteiger partial charge is 0.203 e. The van der Waals surface area contributed by atoms with Crippen LogP contribution in [0.25, 0.3) is 11.0 Å². The lowest BCUT2D eigenvalue weighted by Gasteiger charge is -2.36. The number of nitrogens with one attached hydrogen (secondary N) is 1. The molecule has 0 saturated carbocycles. The van der Waals surface area contributed by atoms with Gasteiger partial charge in [-0.1, -0.05) is 17.7 Å². The average molecular weight is 343 g/mol. The summed E-state index contributed by atoms with van der Waals surface area (Å²) in [4.78, 5) is 12.7. The Morgan fingerprint density at radius 3 is 2.58 bits per heavy atom. The van der Waals surface area contributed by atoms with Crippen molar-refractivity contribution >= 4 is 34.3 Å². The number of hydrogen-bond acceptors (Lipinski definition) is 4. The van der Waals surface area contributed by atoms with Gasteiger partial charge < -0.3 is 19.5 Å². The van der Waals surface area contributed by atoms with Crippen LogP contribution in [-0.4, -0.2) is 43.3 Å². The summed E-state index contributed by atoms with van der Waals surface area (Å²) in [6, 6.07) is 13.9. The lowest BCUT2D eigenvalue weighted by molar-refractivity contribution is 0.415. The summed E-state index contributed by atoms with van der Waals surface area (Å²) in [5.41, 5.74) is 3.14. The van der Waals surface area contributed by atoms with Crippen molar-refractivity contribution in [3.05, 3.63) is 47.5 Å². The molecular weight excluding hydrogens is 324 g/mol. The van der Waals surface area contributed by atoms with Crippen LogP contribution in [0.3, 0.4) is 0 Å². The molecule has 0 bridgehead atoms. The van der Waals surface area contributed by atoms with Gasteiger partial charge in [-0.25, -0.2) is 4.98 Å². The number of methoxy groups -OCH3 is 1. The minimum atomic E-state index is 0.779. The highest BCUT2D eigenvalue weighted by atomic mass is 35.5. The maximum Gasteiger partial charge on any atom is 0.203 e. The van der Waals surface area contributed by atoms with E-state index in [-0.39, 0.29) is 0 Å². The first kappa shape index (κ1) is 15.1. The number of rotatable bonds is 3. The number of aromatic amines is 1. The summed E-state index contributed by atoms with van der Waals surface area (Å²) in [5, 5.41) is 0.779. The summed E-state index contributed by atoms with van der Waals surface area (Å²) >= 11 is 6.10. The second-order valence-electron chi connectivity index (χ2n) is 5.90. The third kappa shape index (κ3) is 2.87. The van der Waals surface area contributed by atoms with Gasteiger partial charge in [0.15, 0.2) is 0 Å². The predicted octanol–water partition coefficient (Wildman–Crippen LogP) is 3.55. The van der Waals surface area contributed by atoms with Crippen LogP contribution in [0.1, 0.15) is 0 Å². The number of halogens is 1. The summed E-state index contributed by atoms with van der Waals surface area (Å²) in [6.45, 7) is 3.73. The van der Waals surface area contributed by atoms with Crippen molar-refractivity contribution < 1.29 is 4.74 Å². The quantitative estimate of drug-likeness (QED) is 0.790. The molecule has 5 nitrogen and oxygen atoms in total. The van der Waals surface area contributed by atoms with Gasteiger partial charge in [0, 0.05) is 43.0 Å². The molecule has 24 heavy (non-hydrogen) atoms. The Hall–Kier alpha value is -2.40. The standard InChI is InChI=1S/C18H19ClN4O/c1-24-15-5-6-16-17(12-15)21-18(20-16)23-9-7-22(8-10-23)14-4-2-3-13(19)11-14/h2-6,11-12H,7-10H2,1H3,(H,20,21).